The molecule has 1 atom stereocenters. The molecule has 0 saturated heterocycles. The summed E-state index contributed by atoms with van der Waals surface area (Å²) in [4.78, 5) is 16.9. The van der Waals surface area contributed by atoms with Crippen molar-refractivity contribution in [1.82, 2.24) is 14.8 Å². The molecular formula is C22H19BrCl2N4O4. The summed E-state index contributed by atoms with van der Waals surface area (Å²) in [5.41, 5.74) is 2.53. The van der Waals surface area contributed by atoms with Gasteiger partial charge in [0.1, 0.15) is 19.0 Å². The first-order valence-electron chi connectivity index (χ1n) is 9.73. The molecule has 11 heteroatoms. The third-order valence-corrected chi connectivity index (χ3v) is 6.33. The Balaban J connectivity index is 1.73. The molecule has 0 amide bonds. The number of carbonyl (C=O) groups is 1. The number of fused-ring (bicyclic) bond motifs is 1. The third-order valence-electron chi connectivity index (χ3n) is 5.15. The van der Waals surface area contributed by atoms with Gasteiger partial charge >= 0.3 is 5.97 Å². The molecule has 2 aromatic carbocycles. The lowest BCUT2D eigenvalue weighted by molar-refractivity contribution is -0.136. The fraction of sp³-hybridized carbons (Fsp3) is 0.227. The van der Waals surface area contributed by atoms with Crippen LogP contribution in [0.4, 0.5) is 5.95 Å². The molecule has 0 saturated carbocycles. The molecule has 1 aromatic heterocycles. The Labute approximate surface area is 208 Å². The predicted octanol–water partition coefficient (Wildman–Crippen LogP) is 5.40. The number of nitrogens with one attached hydrogen (secondary N) is 1. The smallest absolute Gasteiger partial charge is 0.338 e. The number of esters is 1. The molecule has 1 unspecified atom stereocenters. The summed E-state index contributed by atoms with van der Waals surface area (Å²) in [5.74, 6) is 0.990. The van der Waals surface area contributed by atoms with Gasteiger partial charge in [-0.15, -0.1) is 0 Å². The highest BCUT2D eigenvalue weighted by Crippen LogP contribution is 2.43. The molecule has 8 nitrogen and oxygen atoms in total. The van der Waals surface area contributed by atoms with Gasteiger partial charge in [-0.1, -0.05) is 29.3 Å². The van der Waals surface area contributed by atoms with Gasteiger partial charge in [-0.05, 0) is 52.7 Å². The maximum atomic E-state index is 12.6. The fourth-order valence-electron chi connectivity index (χ4n) is 3.60. The van der Waals surface area contributed by atoms with Crippen molar-refractivity contribution in [2.45, 2.75) is 19.6 Å². The minimum atomic E-state index is -0.582. The Morgan fingerprint density at radius 1 is 1.24 bits per heavy atom. The number of hydrogen-bond acceptors (Lipinski definition) is 7. The number of hydrogen-bond donors (Lipinski definition) is 1. The van der Waals surface area contributed by atoms with Crippen LogP contribution in [0.2, 0.25) is 10.0 Å². The van der Waals surface area contributed by atoms with E-state index in [1.807, 2.05) is 6.07 Å². The lowest BCUT2D eigenvalue weighted by atomic mass is 9.95. The van der Waals surface area contributed by atoms with Gasteiger partial charge in [0.2, 0.25) is 5.95 Å². The topological polar surface area (TPSA) is 87.5 Å². The first-order valence-corrected chi connectivity index (χ1v) is 11.3. The molecule has 2 heterocycles. The number of ether oxygens (including phenoxy) is 3. The van der Waals surface area contributed by atoms with E-state index in [1.165, 1.54) is 13.4 Å². The van der Waals surface area contributed by atoms with Crippen molar-refractivity contribution < 1.29 is 19.0 Å². The Bertz CT molecular complexity index is 1260. The molecular weight excluding hydrogens is 535 g/mol. The van der Waals surface area contributed by atoms with E-state index < -0.39 is 12.0 Å². The summed E-state index contributed by atoms with van der Waals surface area (Å²) in [6.45, 7) is 1.99. The van der Waals surface area contributed by atoms with Crippen LogP contribution < -0.4 is 14.8 Å². The average Bonchev–Trinajstić information content (AvgIpc) is 3.25. The van der Waals surface area contributed by atoms with Crippen molar-refractivity contribution in [1.29, 1.82) is 0 Å². The van der Waals surface area contributed by atoms with E-state index >= 15 is 0 Å². The fourth-order valence-corrected chi connectivity index (χ4v) is 4.64. The van der Waals surface area contributed by atoms with Gasteiger partial charge in [-0.3, -0.25) is 0 Å². The summed E-state index contributed by atoms with van der Waals surface area (Å²) in [7, 11) is 2.88. The zero-order valence-electron chi connectivity index (χ0n) is 17.9. The quantitative estimate of drug-likeness (QED) is 0.409. The summed E-state index contributed by atoms with van der Waals surface area (Å²) in [6, 6.07) is 8.27. The van der Waals surface area contributed by atoms with Crippen LogP contribution in [0, 0.1) is 0 Å². The number of methoxy groups -OCH3 is 2. The highest BCUT2D eigenvalue weighted by Gasteiger charge is 2.35. The molecule has 1 aliphatic rings. The summed E-state index contributed by atoms with van der Waals surface area (Å²) in [6.07, 6.45) is 1.42. The van der Waals surface area contributed by atoms with Crippen LogP contribution in [0.25, 0.3) is 0 Å². The van der Waals surface area contributed by atoms with Gasteiger partial charge in [0.25, 0.3) is 0 Å². The standard InChI is InChI=1S/C22H19BrCl2N4O4/c1-11-18(21(30)32-3)19(29-22(28-11)26-10-27-29)13-6-15(23)20(17(7-13)31-2)33-9-12-4-5-14(24)8-16(12)25/h4-8,10,19H,9H2,1-3H3,(H,26,27,28). The maximum absolute atomic E-state index is 12.6. The number of nitrogens with zero attached hydrogens (tertiary/aromatic N) is 3. The number of carbonyl (C=O) groups excluding carboxylic acids is 1. The Hall–Kier alpha value is -2.75. The number of halogens is 3. The SMILES string of the molecule is COC(=O)C1=C(C)Nc2ncnn2C1c1cc(Br)c(OCc2ccc(Cl)cc2Cl)c(OC)c1. The van der Waals surface area contributed by atoms with Gasteiger partial charge in [-0.2, -0.15) is 10.1 Å². The van der Waals surface area contributed by atoms with Crippen molar-refractivity contribution in [3.63, 3.8) is 0 Å². The Kier molecular flexibility index (Phi) is 6.83. The minimum Gasteiger partial charge on any atom is -0.493 e. The van der Waals surface area contributed by atoms with Crippen LogP contribution >= 0.6 is 39.1 Å². The summed E-state index contributed by atoms with van der Waals surface area (Å²) < 4.78 is 18.9. The van der Waals surface area contributed by atoms with Gasteiger partial charge < -0.3 is 19.5 Å². The normalized spacial score (nSPS) is 15.0. The van der Waals surface area contributed by atoms with Crippen molar-refractivity contribution >= 4 is 51.0 Å². The van der Waals surface area contributed by atoms with Gasteiger partial charge in [0, 0.05) is 21.3 Å². The first-order chi connectivity index (χ1) is 15.8. The number of allylic oxidation sites excluding steroid dienone is 1. The van der Waals surface area contributed by atoms with Crippen LogP contribution in [-0.4, -0.2) is 35.0 Å². The monoisotopic (exact) mass is 552 g/mol. The predicted molar refractivity (Wildman–Crippen MR) is 128 cm³/mol. The molecule has 4 rings (SSSR count). The van der Waals surface area contributed by atoms with E-state index in [9.17, 15) is 4.79 Å². The largest absolute Gasteiger partial charge is 0.493 e. The average molecular weight is 554 g/mol. The number of benzene rings is 2. The van der Waals surface area contributed by atoms with E-state index in [1.54, 1.807) is 43.0 Å². The number of anilines is 1. The highest BCUT2D eigenvalue weighted by molar-refractivity contribution is 9.10. The second kappa shape index (κ2) is 9.62. The van der Waals surface area contributed by atoms with Crippen molar-refractivity contribution in [3.8, 4) is 11.5 Å². The Morgan fingerprint density at radius 3 is 2.73 bits per heavy atom. The van der Waals surface area contributed by atoms with Crippen LogP contribution in [0.3, 0.4) is 0 Å². The van der Waals surface area contributed by atoms with Crippen molar-refractivity contribution in [3.05, 3.63) is 73.6 Å². The lowest BCUT2D eigenvalue weighted by Crippen LogP contribution is -2.29. The second-order valence-corrected chi connectivity index (χ2v) is 8.84. The van der Waals surface area contributed by atoms with Crippen LogP contribution in [0.5, 0.6) is 11.5 Å². The Morgan fingerprint density at radius 2 is 2.03 bits per heavy atom. The van der Waals surface area contributed by atoms with E-state index in [0.29, 0.717) is 43.2 Å². The molecule has 0 bridgehead atoms. The van der Waals surface area contributed by atoms with Gasteiger partial charge in [-0.25, -0.2) is 9.48 Å². The molecule has 0 spiro atoms. The summed E-state index contributed by atoms with van der Waals surface area (Å²) >= 11 is 15.8. The zero-order chi connectivity index (χ0) is 23.7. The molecule has 33 heavy (non-hydrogen) atoms. The van der Waals surface area contributed by atoms with Crippen molar-refractivity contribution in [2.24, 2.45) is 0 Å². The van der Waals surface area contributed by atoms with E-state index in [0.717, 1.165) is 11.1 Å². The highest BCUT2D eigenvalue weighted by atomic mass is 79.9. The van der Waals surface area contributed by atoms with Crippen LogP contribution in [-0.2, 0) is 16.1 Å². The molecule has 1 N–H and O–H groups in total. The number of rotatable bonds is 6. The summed E-state index contributed by atoms with van der Waals surface area (Å²) in [5, 5.41) is 8.44. The first kappa shape index (κ1) is 23.4. The molecule has 0 fully saturated rings. The molecule has 172 valence electrons. The number of aromatic nitrogens is 3. The van der Waals surface area contributed by atoms with Gasteiger partial charge in [0.05, 0.1) is 24.3 Å². The van der Waals surface area contributed by atoms with Crippen LogP contribution in [0.15, 0.2) is 52.4 Å². The molecule has 0 radical (unpaired) electrons. The molecule has 3 aromatic rings. The molecule has 0 aliphatic carbocycles. The van der Waals surface area contributed by atoms with Gasteiger partial charge in [0.15, 0.2) is 11.5 Å². The lowest BCUT2D eigenvalue weighted by Gasteiger charge is -2.28. The van der Waals surface area contributed by atoms with Crippen molar-refractivity contribution in [2.75, 3.05) is 19.5 Å². The minimum absolute atomic E-state index is 0.206. The van der Waals surface area contributed by atoms with E-state index in [2.05, 4.69) is 31.3 Å². The maximum Gasteiger partial charge on any atom is 0.338 e. The second-order valence-electron chi connectivity index (χ2n) is 7.14. The molecule has 1 aliphatic heterocycles. The van der Waals surface area contributed by atoms with E-state index in [4.69, 9.17) is 37.4 Å². The zero-order valence-corrected chi connectivity index (χ0v) is 21.0. The van der Waals surface area contributed by atoms with Crippen LogP contribution in [0.1, 0.15) is 24.1 Å². The van der Waals surface area contributed by atoms with E-state index in [-0.39, 0.29) is 6.61 Å². The third kappa shape index (κ3) is 4.53.